The van der Waals surface area contributed by atoms with E-state index in [1.54, 1.807) is 13.2 Å². The second kappa shape index (κ2) is 4.32. The van der Waals surface area contributed by atoms with Crippen LogP contribution < -0.4 is 10.6 Å². The maximum absolute atomic E-state index is 11.7. The molecule has 2 rings (SSSR count). The Morgan fingerprint density at radius 3 is 2.67 bits per heavy atom. The van der Waals surface area contributed by atoms with Gasteiger partial charge >= 0.3 is 12.0 Å². The van der Waals surface area contributed by atoms with E-state index in [0.29, 0.717) is 5.56 Å². The van der Waals surface area contributed by atoms with Gasteiger partial charge in [-0.1, -0.05) is 0 Å². The molecule has 0 aliphatic heterocycles. The Bertz CT molecular complexity index is 478. The molecule has 7 heteroatoms. The van der Waals surface area contributed by atoms with Gasteiger partial charge in [-0.15, -0.1) is 0 Å². The largest absolute Gasteiger partial charge is 0.479 e. The second-order valence-electron chi connectivity index (χ2n) is 4.88. The quantitative estimate of drug-likeness (QED) is 0.722. The third-order valence-electron chi connectivity index (χ3n) is 3.00. The van der Waals surface area contributed by atoms with Crippen molar-refractivity contribution in [2.75, 3.05) is 0 Å². The topological polar surface area (TPSA) is 96.2 Å². The molecule has 1 atom stereocenters. The molecule has 1 saturated carbocycles. The van der Waals surface area contributed by atoms with Crippen molar-refractivity contribution in [1.29, 1.82) is 0 Å². The summed E-state index contributed by atoms with van der Waals surface area (Å²) in [7, 11) is 1.69. The van der Waals surface area contributed by atoms with Crippen LogP contribution in [-0.2, 0) is 11.8 Å². The molecule has 1 heterocycles. The van der Waals surface area contributed by atoms with Crippen LogP contribution in [-0.4, -0.2) is 32.4 Å². The summed E-state index contributed by atoms with van der Waals surface area (Å²) in [5.74, 6) is -1.11. The second-order valence-corrected chi connectivity index (χ2v) is 4.88. The van der Waals surface area contributed by atoms with Gasteiger partial charge in [0.25, 0.3) is 0 Å². The average molecular weight is 252 g/mol. The van der Waals surface area contributed by atoms with Crippen LogP contribution in [0.1, 0.15) is 31.4 Å². The molecule has 0 spiro atoms. The molecule has 3 N–H and O–H groups in total. The summed E-state index contributed by atoms with van der Waals surface area (Å²) in [6.07, 6.45) is 4.84. The van der Waals surface area contributed by atoms with Crippen LogP contribution in [0.5, 0.6) is 0 Å². The highest BCUT2D eigenvalue weighted by atomic mass is 16.4. The third kappa shape index (κ3) is 2.79. The zero-order valence-corrected chi connectivity index (χ0v) is 10.3. The van der Waals surface area contributed by atoms with Crippen LogP contribution in [0.15, 0.2) is 12.4 Å². The first-order chi connectivity index (χ1) is 8.39. The molecule has 2 amide bonds. The predicted molar refractivity (Wildman–Crippen MR) is 62.9 cm³/mol. The van der Waals surface area contributed by atoms with Crippen molar-refractivity contribution in [3.63, 3.8) is 0 Å². The number of rotatable bonds is 4. The number of carbonyl (C=O) groups excluding carboxylic acids is 1. The summed E-state index contributed by atoms with van der Waals surface area (Å²) in [5, 5.41) is 18.2. The van der Waals surface area contributed by atoms with Gasteiger partial charge < -0.3 is 15.7 Å². The number of carbonyl (C=O) groups is 2. The van der Waals surface area contributed by atoms with Crippen LogP contribution in [0.2, 0.25) is 0 Å². The molecule has 1 aromatic heterocycles. The Hall–Kier alpha value is -2.05. The fourth-order valence-electron chi connectivity index (χ4n) is 1.63. The molecule has 1 aliphatic rings. The zero-order chi connectivity index (χ0) is 13.3. The molecule has 0 aromatic carbocycles. The number of aromatic nitrogens is 2. The van der Waals surface area contributed by atoms with Crippen LogP contribution >= 0.6 is 0 Å². The highest BCUT2D eigenvalue weighted by molar-refractivity contribution is 5.84. The van der Waals surface area contributed by atoms with E-state index in [-0.39, 0.29) is 5.54 Å². The summed E-state index contributed by atoms with van der Waals surface area (Å²) in [4.78, 5) is 22.8. The molecular weight excluding hydrogens is 236 g/mol. The molecule has 0 bridgehead atoms. The monoisotopic (exact) mass is 252 g/mol. The number of aliphatic carboxylic acids is 1. The molecule has 18 heavy (non-hydrogen) atoms. The van der Waals surface area contributed by atoms with Crippen molar-refractivity contribution in [2.24, 2.45) is 7.05 Å². The van der Waals surface area contributed by atoms with Crippen LogP contribution in [0.4, 0.5) is 4.79 Å². The SMILES string of the molecule is Cn1cc(C(NC(=O)NC2(C)CC2)C(=O)O)cn1. The van der Waals surface area contributed by atoms with E-state index in [4.69, 9.17) is 5.11 Å². The lowest BCUT2D eigenvalue weighted by atomic mass is 10.1. The summed E-state index contributed by atoms with van der Waals surface area (Å²) in [5.41, 5.74) is 0.267. The summed E-state index contributed by atoms with van der Waals surface area (Å²) < 4.78 is 1.49. The molecule has 1 unspecified atom stereocenters. The van der Waals surface area contributed by atoms with E-state index in [0.717, 1.165) is 12.8 Å². The fraction of sp³-hybridized carbons (Fsp3) is 0.545. The normalized spacial score (nSPS) is 17.9. The Morgan fingerprint density at radius 1 is 1.56 bits per heavy atom. The van der Waals surface area contributed by atoms with Crippen molar-refractivity contribution >= 4 is 12.0 Å². The predicted octanol–water partition coefficient (Wildman–Crippen LogP) is 0.397. The smallest absolute Gasteiger partial charge is 0.331 e. The first-order valence-corrected chi connectivity index (χ1v) is 5.70. The third-order valence-corrected chi connectivity index (χ3v) is 3.00. The van der Waals surface area contributed by atoms with Crippen LogP contribution in [0.25, 0.3) is 0 Å². The minimum atomic E-state index is -1.11. The number of carboxylic acids is 1. The number of amides is 2. The van der Waals surface area contributed by atoms with Crippen molar-refractivity contribution < 1.29 is 14.7 Å². The van der Waals surface area contributed by atoms with Crippen molar-refractivity contribution in [1.82, 2.24) is 20.4 Å². The number of hydrogen-bond acceptors (Lipinski definition) is 3. The Morgan fingerprint density at radius 2 is 2.22 bits per heavy atom. The van der Waals surface area contributed by atoms with Gasteiger partial charge in [-0.25, -0.2) is 9.59 Å². The van der Waals surface area contributed by atoms with E-state index in [1.807, 2.05) is 6.92 Å². The van der Waals surface area contributed by atoms with Crippen LogP contribution in [0, 0.1) is 0 Å². The maximum Gasteiger partial charge on any atom is 0.331 e. The molecule has 1 fully saturated rings. The van der Waals surface area contributed by atoms with Gasteiger partial charge in [0.2, 0.25) is 0 Å². The molecular formula is C11H16N4O3. The highest BCUT2D eigenvalue weighted by Gasteiger charge is 2.39. The van der Waals surface area contributed by atoms with Gasteiger partial charge in [0, 0.05) is 24.3 Å². The molecule has 7 nitrogen and oxygen atoms in total. The minimum absolute atomic E-state index is 0.178. The lowest BCUT2D eigenvalue weighted by Crippen LogP contribution is -2.45. The zero-order valence-electron chi connectivity index (χ0n) is 10.3. The molecule has 0 radical (unpaired) electrons. The van der Waals surface area contributed by atoms with E-state index < -0.39 is 18.0 Å². The Balaban J connectivity index is 2.02. The lowest BCUT2D eigenvalue weighted by molar-refractivity contribution is -0.139. The van der Waals surface area contributed by atoms with Crippen molar-refractivity contribution in [3.05, 3.63) is 18.0 Å². The first-order valence-electron chi connectivity index (χ1n) is 5.70. The first kappa shape index (κ1) is 12.4. The van der Waals surface area contributed by atoms with E-state index in [2.05, 4.69) is 15.7 Å². The summed E-state index contributed by atoms with van der Waals surface area (Å²) in [6.45, 7) is 1.92. The minimum Gasteiger partial charge on any atom is -0.479 e. The highest BCUT2D eigenvalue weighted by Crippen LogP contribution is 2.34. The lowest BCUT2D eigenvalue weighted by Gasteiger charge is -2.16. The molecule has 98 valence electrons. The van der Waals surface area contributed by atoms with Gasteiger partial charge in [-0.3, -0.25) is 4.68 Å². The Labute approximate surface area is 104 Å². The van der Waals surface area contributed by atoms with Crippen molar-refractivity contribution in [3.8, 4) is 0 Å². The van der Waals surface area contributed by atoms with Crippen molar-refractivity contribution in [2.45, 2.75) is 31.3 Å². The molecule has 1 aromatic rings. The van der Waals surface area contributed by atoms with E-state index in [1.165, 1.54) is 10.9 Å². The van der Waals surface area contributed by atoms with Gasteiger partial charge in [0.15, 0.2) is 6.04 Å². The van der Waals surface area contributed by atoms with Gasteiger partial charge in [0.1, 0.15) is 0 Å². The number of nitrogens with one attached hydrogen (secondary N) is 2. The number of urea groups is 1. The fourth-order valence-corrected chi connectivity index (χ4v) is 1.63. The number of aryl methyl sites for hydroxylation is 1. The number of nitrogens with zero attached hydrogens (tertiary/aromatic N) is 2. The van der Waals surface area contributed by atoms with Gasteiger partial charge in [-0.2, -0.15) is 5.10 Å². The van der Waals surface area contributed by atoms with Crippen LogP contribution in [0.3, 0.4) is 0 Å². The molecule has 0 saturated heterocycles. The van der Waals surface area contributed by atoms with E-state index >= 15 is 0 Å². The Kier molecular flexibility index (Phi) is 2.98. The van der Waals surface area contributed by atoms with Gasteiger partial charge in [-0.05, 0) is 19.8 Å². The summed E-state index contributed by atoms with van der Waals surface area (Å²) >= 11 is 0. The van der Waals surface area contributed by atoms with E-state index in [9.17, 15) is 9.59 Å². The van der Waals surface area contributed by atoms with Gasteiger partial charge in [0.05, 0.1) is 6.20 Å². The number of hydrogen-bond donors (Lipinski definition) is 3. The maximum atomic E-state index is 11.7. The number of carboxylic acid groups (broad SMARTS) is 1. The average Bonchev–Trinajstić information content (AvgIpc) is 2.83. The summed E-state index contributed by atoms with van der Waals surface area (Å²) in [6, 6.07) is -1.55. The molecule has 1 aliphatic carbocycles. The standard InChI is InChI=1S/C11H16N4O3/c1-11(3-4-11)14-10(18)13-8(9(16)17)7-5-12-15(2)6-7/h5-6,8H,3-4H2,1-2H3,(H,16,17)(H2,13,14,18).